The molecule has 20 heavy (non-hydrogen) atoms. The van der Waals surface area contributed by atoms with E-state index in [9.17, 15) is 14.7 Å². The lowest BCUT2D eigenvalue weighted by Crippen LogP contribution is -2.41. The van der Waals surface area contributed by atoms with Crippen molar-refractivity contribution in [3.05, 3.63) is 32.8 Å². The van der Waals surface area contributed by atoms with Gasteiger partial charge in [-0.2, -0.15) is 0 Å². The van der Waals surface area contributed by atoms with Crippen LogP contribution in [0.15, 0.2) is 22.2 Å². The minimum atomic E-state index is -1.31. The van der Waals surface area contributed by atoms with Crippen molar-refractivity contribution < 1.29 is 24.2 Å². The molecular weight excluding hydrogens is 351 g/mol. The van der Waals surface area contributed by atoms with E-state index in [1.165, 1.54) is 19.9 Å². The zero-order valence-corrected chi connectivity index (χ0v) is 12.9. The van der Waals surface area contributed by atoms with E-state index in [1.807, 2.05) is 0 Å². The van der Waals surface area contributed by atoms with Crippen LogP contribution in [0.3, 0.4) is 0 Å². The second-order valence-corrected chi connectivity index (χ2v) is 5.79. The highest BCUT2D eigenvalue weighted by Gasteiger charge is 2.39. The lowest BCUT2D eigenvalue weighted by atomic mass is 10.1. The first-order valence-corrected chi connectivity index (χ1v) is 6.74. The van der Waals surface area contributed by atoms with Crippen molar-refractivity contribution in [2.24, 2.45) is 0 Å². The number of carbonyl (C=O) groups excluding carboxylic acids is 2. The van der Waals surface area contributed by atoms with Crippen LogP contribution in [0.5, 0.6) is 5.75 Å². The molecule has 5 nitrogen and oxygen atoms in total. The first-order chi connectivity index (χ1) is 9.21. The number of phenols is 1. The molecule has 106 valence electrons. The van der Waals surface area contributed by atoms with Crippen LogP contribution < -0.4 is 0 Å². The highest BCUT2D eigenvalue weighted by molar-refractivity contribution is 9.10. The lowest BCUT2D eigenvalue weighted by molar-refractivity contribution is -0.222. The number of benzene rings is 1. The monoisotopic (exact) mass is 360 g/mol. The van der Waals surface area contributed by atoms with E-state index in [-0.39, 0.29) is 21.9 Å². The molecule has 1 N–H and O–H groups in total. The molecule has 0 saturated carbocycles. The first-order valence-electron chi connectivity index (χ1n) is 5.56. The molecule has 1 saturated heterocycles. The van der Waals surface area contributed by atoms with Gasteiger partial charge in [-0.1, -0.05) is 11.6 Å². The number of halogens is 2. The Morgan fingerprint density at radius 3 is 2.35 bits per heavy atom. The Bertz CT molecular complexity index is 614. The zero-order valence-electron chi connectivity index (χ0n) is 10.6. The number of hydrogen-bond acceptors (Lipinski definition) is 5. The van der Waals surface area contributed by atoms with E-state index in [4.69, 9.17) is 21.1 Å². The molecule has 0 radical (unpaired) electrons. The summed E-state index contributed by atoms with van der Waals surface area (Å²) in [5, 5.41) is 10.1. The molecule has 1 heterocycles. The molecule has 7 heteroatoms. The standard InChI is InChI=1S/C13H10BrClO5/c1-13(2)19-11(17)7(12(18)20-13)5-6-9(15)4-3-8(14)10(6)16/h3-5,16H,1-2H3. The third-order valence-electron chi connectivity index (χ3n) is 2.52. The summed E-state index contributed by atoms with van der Waals surface area (Å²) in [5.74, 6) is -3.16. The van der Waals surface area contributed by atoms with Crippen LogP contribution in [0.2, 0.25) is 5.02 Å². The molecular formula is C13H10BrClO5. The van der Waals surface area contributed by atoms with Crippen molar-refractivity contribution in [3.8, 4) is 5.75 Å². The summed E-state index contributed by atoms with van der Waals surface area (Å²) >= 11 is 9.07. The Labute approximate surface area is 128 Å². The SMILES string of the molecule is CC1(C)OC(=O)C(=Cc2c(Cl)ccc(Br)c2O)C(=O)O1. The van der Waals surface area contributed by atoms with Crippen molar-refractivity contribution in [2.45, 2.75) is 19.6 Å². The van der Waals surface area contributed by atoms with Gasteiger partial charge in [0.2, 0.25) is 0 Å². The molecule has 1 aromatic carbocycles. The van der Waals surface area contributed by atoms with Gasteiger partial charge in [-0.25, -0.2) is 9.59 Å². The summed E-state index contributed by atoms with van der Waals surface area (Å²) in [7, 11) is 0. The van der Waals surface area contributed by atoms with Crippen LogP contribution in [0.4, 0.5) is 0 Å². The van der Waals surface area contributed by atoms with Crippen molar-refractivity contribution >= 4 is 45.5 Å². The smallest absolute Gasteiger partial charge is 0.348 e. The molecule has 1 aliphatic rings. The Kier molecular flexibility index (Phi) is 3.80. The van der Waals surface area contributed by atoms with Crippen LogP contribution in [0, 0.1) is 0 Å². The van der Waals surface area contributed by atoms with Crippen LogP contribution >= 0.6 is 27.5 Å². The minimum absolute atomic E-state index is 0.129. The summed E-state index contributed by atoms with van der Waals surface area (Å²) in [6.45, 7) is 2.90. The predicted octanol–water partition coefficient (Wildman–Crippen LogP) is 3.03. The first kappa shape index (κ1) is 14.9. The van der Waals surface area contributed by atoms with Gasteiger partial charge in [0.1, 0.15) is 11.3 Å². The van der Waals surface area contributed by atoms with Crippen molar-refractivity contribution in [3.63, 3.8) is 0 Å². The van der Waals surface area contributed by atoms with Gasteiger partial charge in [0.05, 0.1) is 9.50 Å². The third kappa shape index (κ3) is 2.81. The number of cyclic esters (lactones) is 2. The Balaban J connectivity index is 2.49. The molecule has 0 unspecified atom stereocenters. The fourth-order valence-corrected chi connectivity index (χ4v) is 2.17. The van der Waals surface area contributed by atoms with Crippen LogP contribution in [-0.2, 0) is 19.1 Å². The normalized spacial score (nSPS) is 17.5. The molecule has 1 aromatic rings. The molecule has 1 aliphatic heterocycles. The molecule has 0 bridgehead atoms. The lowest BCUT2D eigenvalue weighted by Gasteiger charge is -2.29. The van der Waals surface area contributed by atoms with Crippen LogP contribution in [0.1, 0.15) is 19.4 Å². The van der Waals surface area contributed by atoms with Crippen LogP contribution in [-0.4, -0.2) is 22.8 Å². The molecule has 0 amide bonds. The summed E-state index contributed by atoms with van der Waals surface area (Å²) in [4.78, 5) is 23.6. The largest absolute Gasteiger partial charge is 0.506 e. The summed E-state index contributed by atoms with van der Waals surface area (Å²) in [5.41, 5.74) is -0.204. The highest BCUT2D eigenvalue weighted by Crippen LogP contribution is 2.35. The maximum atomic E-state index is 11.8. The molecule has 0 spiro atoms. The summed E-state index contributed by atoms with van der Waals surface area (Å²) in [6.07, 6.45) is 1.14. The third-order valence-corrected chi connectivity index (χ3v) is 3.49. The number of hydrogen-bond donors (Lipinski definition) is 1. The van der Waals surface area contributed by atoms with Crippen molar-refractivity contribution in [1.29, 1.82) is 0 Å². The van der Waals surface area contributed by atoms with Gasteiger partial charge in [-0.15, -0.1) is 0 Å². The fourth-order valence-electron chi connectivity index (χ4n) is 1.62. The Hall–Kier alpha value is -1.53. The average molecular weight is 362 g/mol. The van der Waals surface area contributed by atoms with Gasteiger partial charge in [0.15, 0.2) is 0 Å². The molecule has 0 aliphatic carbocycles. The van der Waals surface area contributed by atoms with Gasteiger partial charge in [-0.05, 0) is 34.1 Å². The van der Waals surface area contributed by atoms with Gasteiger partial charge in [0, 0.05) is 19.4 Å². The van der Waals surface area contributed by atoms with Crippen LogP contribution in [0.25, 0.3) is 6.08 Å². The maximum absolute atomic E-state index is 11.8. The van der Waals surface area contributed by atoms with Crippen molar-refractivity contribution in [1.82, 2.24) is 0 Å². The topological polar surface area (TPSA) is 72.8 Å². The summed E-state index contributed by atoms with van der Waals surface area (Å²) in [6, 6.07) is 3.06. The number of carbonyl (C=O) groups is 2. The number of rotatable bonds is 1. The highest BCUT2D eigenvalue weighted by atomic mass is 79.9. The van der Waals surface area contributed by atoms with E-state index in [0.717, 1.165) is 6.08 Å². The predicted molar refractivity (Wildman–Crippen MR) is 75.1 cm³/mol. The Morgan fingerprint density at radius 1 is 1.25 bits per heavy atom. The molecule has 0 aromatic heterocycles. The number of phenolic OH excluding ortho intramolecular Hbond substituents is 1. The zero-order chi connectivity index (χ0) is 15.1. The minimum Gasteiger partial charge on any atom is -0.506 e. The quantitative estimate of drug-likeness (QED) is 0.473. The van der Waals surface area contributed by atoms with Gasteiger partial charge in [0.25, 0.3) is 5.79 Å². The molecule has 0 atom stereocenters. The van der Waals surface area contributed by atoms with E-state index >= 15 is 0 Å². The number of aromatic hydroxyl groups is 1. The van der Waals surface area contributed by atoms with E-state index in [0.29, 0.717) is 4.47 Å². The summed E-state index contributed by atoms with van der Waals surface area (Å²) < 4.78 is 10.3. The second kappa shape index (κ2) is 5.10. The van der Waals surface area contributed by atoms with Crippen molar-refractivity contribution in [2.75, 3.05) is 0 Å². The van der Waals surface area contributed by atoms with Gasteiger partial charge < -0.3 is 14.6 Å². The fraction of sp³-hybridized carbons (Fsp3) is 0.231. The molecule has 1 fully saturated rings. The maximum Gasteiger partial charge on any atom is 0.348 e. The van der Waals surface area contributed by atoms with Gasteiger partial charge in [-0.3, -0.25) is 0 Å². The number of ether oxygens (including phenoxy) is 2. The second-order valence-electron chi connectivity index (χ2n) is 4.53. The average Bonchev–Trinajstić information content (AvgIpc) is 2.31. The van der Waals surface area contributed by atoms with E-state index in [2.05, 4.69) is 15.9 Å². The van der Waals surface area contributed by atoms with Gasteiger partial charge >= 0.3 is 11.9 Å². The number of esters is 2. The van der Waals surface area contributed by atoms with E-state index < -0.39 is 17.7 Å². The Morgan fingerprint density at radius 2 is 1.80 bits per heavy atom. The van der Waals surface area contributed by atoms with E-state index in [1.54, 1.807) is 6.07 Å². The molecule has 2 rings (SSSR count).